The third-order valence-electron chi connectivity index (χ3n) is 5.41. The van der Waals surface area contributed by atoms with Gasteiger partial charge < -0.3 is 10.1 Å². The van der Waals surface area contributed by atoms with E-state index in [0.29, 0.717) is 12.1 Å². The quantitative estimate of drug-likeness (QED) is 0.343. The minimum atomic E-state index is -5.10. The fourth-order valence-corrected chi connectivity index (χ4v) is 3.81. The summed E-state index contributed by atoms with van der Waals surface area (Å²) in [5.41, 5.74) is -3.99. The number of hydrogen-bond donors (Lipinski definition) is 1. The number of allylic oxidation sites excluding steroid dienone is 1. The van der Waals surface area contributed by atoms with Crippen LogP contribution in [0.1, 0.15) is 39.4 Å². The topological polar surface area (TPSA) is 55.4 Å². The average molecular weight is 489 g/mol. The Labute approximate surface area is 189 Å². The van der Waals surface area contributed by atoms with Crippen molar-refractivity contribution in [1.29, 1.82) is 0 Å². The van der Waals surface area contributed by atoms with Crippen LogP contribution < -0.4 is 5.32 Å². The molecular formula is C23H18F7NO3. The van der Waals surface area contributed by atoms with E-state index in [1.165, 1.54) is 30.4 Å². The summed E-state index contributed by atoms with van der Waals surface area (Å²) in [7, 11) is 1.12. The van der Waals surface area contributed by atoms with Gasteiger partial charge in [0.25, 0.3) is 5.91 Å². The smallest absolute Gasteiger partial charge is 0.416 e. The molecule has 0 bridgehead atoms. The summed E-state index contributed by atoms with van der Waals surface area (Å²) in [4.78, 5) is 24.9. The maximum Gasteiger partial charge on any atom is 0.416 e. The van der Waals surface area contributed by atoms with Crippen LogP contribution in [-0.4, -0.2) is 25.0 Å². The van der Waals surface area contributed by atoms with E-state index in [4.69, 9.17) is 4.74 Å². The molecule has 182 valence electrons. The molecule has 4 nitrogen and oxygen atoms in total. The second kappa shape index (κ2) is 9.47. The molecule has 1 aliphatic carbocycles. The van der Waals surface area contributed by atoms with E-state index >= 15 is 0 Å². The number of hydrogen-bond acceptors (Lipinski definition) is 3. The lowest BCUT2D eigenvalue weighted by Crippen LogP contribution is -2.34. The maximum absolute atomic E-state index is 14.3. The van der Waals surface area contributed by atoms with Crippen molar-refractivity contribution in [1.82, 2.24) is 5.32 Å². The van der Waals surface area contributed by atoms with Gasteiger partial charge >= 0.3 is 18.3 Å². The number of carbonyl (C=O) groups is 2. The highest BCUT2D eigenvalue weighted by Crippen LogP contribution is 2.37. The third kappa shape index (κ3) is 5.57. The molecule has 0 aliphatic heterocycles. The predicted molar refractivity (Wildman–Crippen MR) is 106 cm³/mol. The van der Waals surface area contributed by atoms with E-state index < -0.39 is 64.6 Å². The molecule has 1 amide bonds. The van der Waals surface area contributed by atoms with Gasteiger partial charge in [0.1, 0.15) is 5.82 Å². The molecule has 0 unspecified atom stereocenters. The number of methoxy groups -OCH3 is 1. The van der Waals surface area contributed by atoms with Crippen LogP contribution in [0.4, 0.5) is 30.7 Å². The van der Waals surface area contributed by atoms with Crippen LogP contribution >= 0.6 is 0 Å². The first-order chi connectivity index (χ1) is 15.8. The first-order valence-electron chi connectivity index (χ1n) is 9.92. The fourth-order valence-electron chi connectivity index (χ4n) is 3.81. The Morgan fingerprint density at radius 3 is 2.09 bits per heavy atom. The van der Waals surface area contributed by atoms with Gasteiger partial charge in [0.2, 0.25) is 0 Å². The maximum atomic E-state index is 14.3. The average Bonchev–Trinajstić information content (AvgIpc) is 3.21. The minimum absolute atomic E-state index is 0.0466. The van der Waals surface area contributed by atoms with Gasteiger partial charge in [0.15, 0.2) is 0 Å². The van der Waals surface area contributed by atoms with Crippen molar-refractivity contribution in [3.8, 4) is 0 Å². The van der Waals surface area contributed by atoms with Gasteiger partial charge in [-0.15, -0.1) is 0 Å². The molecule has 2 aromatic carbocycles. The SMILES string of the molecule is COC(=O)[C@H](c1ccccc1F)[C@@H]1C=C[C@H](NC(=O)c2cc(C(F)(F)F)cc(C(F)(F)F)c2)C1. The van der Waals surface area contributed by atoms with E-state index in [1.807, 2.05) is 0 Å². The largest absolute Gasteiger partial charge is 0.469 e. The summed E-state index contributed by atoms with van der Waals surface area (Å²) in [5, 5.41) is 2.35. The van der Waals surface area contributed by atoms with Crippen molar-refractivity contribution in [3.05, 3.63) is 82.7 Å². The zero-order valence-corrected chi connectivity index (χ0v) is 17.5. The standard InChI is InChI=1S/C23H18F7NO3/c1-34-21(33)19(17-4-2-3-5-18(17)24)12-6-7-16(10-12)31-20(32)13-8-14(22(25,26)27)11-15(9-13)23(28,29)30/h2-9,11-12,16,19H,10H2,1H3,(H,31,32)/t12-,16+,19+/m1/s1. The molecule has 0 radical (unpaired) electrons. The molecule has 3 atom stereocenters. The number of amides is 1. The number of halogens is 7. The first kappa shape index (κ1) is 25.3. The van der Waals surface area contributed by atoms with Crippen molar-refractivity contribution in [3.63, 3.8) is 0 Å². The molecule has 2 aromatic rings. The lowest BCUT2D eigenvalue weighted by molar-refractivity contribution is -0.144. The predicted octanol–water partition coefficient (Wildman–Crippen LogP) is 5.49. The number of esters is 1. The summed E-state index contributed by atoms with van der Waals surface area (Å²) in [6.45, 7) is 0. The molecule has 1 N–H and O–H groups in total. The minimum Gasteiger partial charge on any atom is -0.469 e. The van der Waals surface area contributed by atoms with Crippen molar-refractivity contribution in [2.24, 2.45) is 5.92 Å². The molecule has 0 aromatic heterocycles. The molecular weight excluding hydrogens is 471 g/mol. The highest BCUT2D eigenvalue weighted by atomic mass is 19.4. The molecule has 0 fully saturated rings. The highest BCUT2D eigenvalue weighted by Gasteiger charge is 2.38. The van der Waals surface area contributed by atoms with Crippen LogP contribution in [-0.2, 0) is 21.9 Å². The lowest BCUT2D eigenvalue weighted by atomic mass is 9.85. The molecule has 0 saturated carbocycles. The van der Waals surface area contributed by atoms with E-state index in [0.717, 1.165) is 13.2 Å². The summed E-state index contributed by atoms with van der Waals surface area (Å²) in [6.07, 6.45) is -7.18. The number of benzene rings is 2. The summed E-state index contributed by atoms with van der Waals surface area (Å²) in [6, 6.07) is 5.29. The highest BCUT2D eigenvalue weighted by molar-refractivity contribution is 5.95. The van der Waals surface area contributed by atoms with E-state index in [1.54, 1.807) is 0 Å². The Balaban J connectivity index is 1.82. The van der Waals surface area contributed by atoms with Crippen LogP contribution in [0.3, 0.4) is 0 Å². The van der Waals surface area contributed by atoms with Crippen molar-refractivity contribution in [2.45, 2.75) is 30.7 Å². The normalized spacial score (nSPS) is 19.1. The van der Waals surface area contributed by atoms with E-state index in [2.05, 4.69) is 5.32 Å². The Morgan fingerprint density at radius 1 is 0.971 bits per heavy atom. The van der Waals surface area contributed by atoms with Gasteiger partial charge in [0, 0.05) is 17.2 Å². The van der Waals surface area contributed by atoms with Gasteiger partial charge in [-0.1, -0.05) is 30.4 Å². The molecule has 11 heteroatoms. The summed E-state index contributed by atoms with van der Waals surface area (Å²) >= 11 is 0. The van der Waals surface area contributed by atoms with Crippen LogP contribution in [0.2, 0.25) is 0 Å². The third-order valence-corrected chi connectivity index (χ3v) is 5.41. The first-order valence-corrected chi connectivity index (χ1v) is 9.92. The summed E-state index contributed by atoms with van der Waals surface area (Å²) in [5.74, 6) is -4.24. The molecule has 34 heavy (non-hydrogen) atoms. The monoisotopic (exact) mass is 489 g/mol. The van der Waals surface area contributed by atoms with Crippen LogP contribution in [0.15, 0.2) is 54.6 Å². The molecule has 0 heterocycles. The van der Waals surface area contributed by atoms with Gasteiger partial charge in [-0.25, -0.2) is 4.39 Å². The van der Waals surface area contributed by atoms with Crippen molar-refractivity contribution < 1.29 is 45.1 Å². The Bertz CT molecular complexity index is 1080. The van der Waals surface area contributed by atoms with Crippen molar-refractivity contribution in [2.75, 3.05) is 7.11 Å². The van der Waals surface area contributed by atoms with Crippen LogP contribution in [0.25, 0.3) is 0 Å². The van der Waals surface area contributed by atoms with Gasteiger partial charge in [-0.05, 0) is 36.6 Å². The molecule has 3 rings (SSSR count). The molecule has 1 aliphatic rings. The van der Waals surface area contributed by atoms with E-state index in [9.17, 15) is 40.3 Å². The number of nitrogens with one attached hydrogen (secondary N) is 1. The van der Waals surface area contributed by atoms with Crippen LogP contribution in [0.5, 0.6) is 0 Å². The zero-order valence-electron chi connectivity index (χ0n) is 17.5. The fraction of sp³-hybridized carbons (Fsp3) is 0.304. The second-order valence-electron chi connectivity index (χ2n) is 7.68. The second-order valence-corrected chi connectivity index (χ2v) is 7.68. The number of ether oxygens (including phenoxy) is 1. The van der Waals surface area contributed by atoms with Crippen molar-refractivity contribution >= 4 is 11.9 Å². The van der Waals surface area contributed by atoms with E-state index in [-0.39, 0.29) is 18.1 Å². The Kier molecular flexibility index (Phi) is 7.04. The molecule has 0 saturated heterocycles. The van der Waals surface area contributed by atoms with Gasteiger partial charge in [-0.2, -0.15) is 26.3 Å². The van der Waals surface area contributed by atoms with Gasteiger partial charge in [0.05, 0.1) is 24.2 Å². The summed E-state index contributed by atoms with van der Waals surface area (Å²) < 4.78 is 97.4. The van der Waals surface area contributed by atoms with Crippen LogP contribution in [0, 0.1) is 11.7 Å². The Morgan fingerprint density at radius 2 is 1.56 bits per heavy atom. The Hall–Kier alpha value is -3.37. The lowest BCUT2D eigenvalue weighted by Gasteiger charge is -2.22. The number of carbonyl (C=O) groups excluding carboxylic acids is 2. The zero-order chi connectivity index (χ0) is 25.3. The number of rotatable bonds is 5. The number of alkyl halides is 6. The molecule has 0 spiro atoms. The van der Waals surface area contributed by atoms with Gasteiger partial charge in [-0.3, -0.25) is 9.59 Å².